The Morgan fingerprint density at radius 3 is 2.76 bits per heavy atom. The topological polar surface area (TPSA) is 79.3 Å². The number of anilines is 2. The predicted molar refractivity (Wildman–Crippen MR) is 96.9 cm³/mol. The number of aromatic nitrogens is 4. The van der Waals surface area contributed by atoms with Gasteiger partial charge in [-0.05, 0) is 18.9 Å². The van der Waals surface area contributed by atoms with Gasteiger partial charge < -0.3 is 15.0 Å². The highest BCUT2D eigenvalue weighted by atomic mass is 16.5. The molecular formula is C17H25N7O. The number of piperidine rings is 1. The van der Waals surface area contributed by atoms with E-state index in [4.69, 9.17) is 4.74 Å². The summed E-state index contributed by atoms with van der Waals surface area (Å²) >= 11 is 0. The molecule has 0 aliphatic carbocycles. The molecule has 0 unspecified atom stereocenters. The molecule has 134 valence electrons. The zero-order valence-corrected chi connectivity index (χ0v) is 15.0. The van der Waals surface area contributed by atoms with Gasteiger partial charge in [0.05, 0.1) is 12.8 Å². The number of nitrogens with zero attached hydrogens (tertiary/aromatic N) is 6. The van der Waals surface area contributed by atoms with Gasteiger partial charge in [0, 0.05) is 52.0 Å². The van der Waals surface area contributed by atoms with Crippen LogP contribution in [0.25, 0.3) is 0 Å². The smallest absolute Gasteiger partial charge is 0.316 e. The van der Waals surface area contributed by atoms with Gasteiger partial charge in [0.2, 0.25) is 0 Å². The highest BCUT2D eigenvalue weighted by Gasteiger charge is 2.20. The van der Waals surface area contributed by atoms with Crippen LogP contribution in [0.5, 0.6) is 6.01 Å². The molecule has 0 atom stereocenters. The lowest BCUT2D eigenvalue weighted by molar-refractivity contribution is 0.208. The molecule has 0 aromatic carbocycles. The van der Waals surface area contributed by atoms with Crippen molar-refractivity contribution in [2.24, 2.45) is 0 Å². The van der Waals surface area contributed by atoms with Crippen LogP contribution < -0.4 is 15.0 Å². The van der Waals surface area contributed by atoms with Crippen LogP contribution in [0.15, 0.2) is 24.7 Å². The molecule has 1 fully saturated rings. The average Bonchev–Trinajstić information content (AvgIpc) is 2.64. The van der Waals surface area contributed by atoms with Gasteiger partial charge in [-0.25, -0.2) is 15.0 Å². The number of hydrogen-bond donors (Lipinski definition) is 1. The lowest BCUT2D eigenvalue weighted by Gasteiger charge is -2.32. The molecule has 0 saturated carbocycles. The molecule has 0 spiro atoms. The van der Waals surface area contributed by atoms with Crippen LogP contribution in [0.3, 0.4) is 0 Å². The van der Waals surface area contributed by atoms with Gasteiger partial charge in [-0.15, -0.1) is 0 Å². The molecule has 8 nitrogen and oxygen atoms in total. The monoisotopic (exact) mass is 343 g/mol. The van der Waals surface area contributed by atoms with E-state index in [0.717, 1.165) is 49.8 Å². The first-order chi connectivity index (χ1) is 12.1. The second-order valence-corrected chi connectivity index (χ2v) is 6.39. The summed E-state index contributed by atoms with van der Waals surface area (Å²) in [5.41, 5.74) is 0.990. The lowest BCUT2D eigenvalue weighted by atomic mass is 10.0. The molecule has 0 amide bonds. The second kappa shape index (κ2) is 8.06. The van der Waals surface area contributed by atoms with Crippen LogP contribution in [0, 0.1) is 0 Å². The number of likely N-dealkylation sites (tertiary alicyclic amines) is 1. The minimum absolute atomic E-state index is 0.425. The molecule has 1 N–H and O–H groups in total. The summed E-state index contributed by atoms with van der Waals surface area (Å²) in [4.78, 5) is 21.4. The third-order valence-electron chi connectivity index (χ3n) is 4.31. The normalized spacial score (nSPS) is 15.8. The fourth-order valence-electron chi connectivity index (χ4n) is 2.91. The molecule has 25 heavy (non-hydrogen) atoms. The molecule has 1 saturated heterocycles. The van der Waals surface area contributed by atoms with Crippen LogP contribution in [0.1, 0.15) is 18.5 Å². The largest absolute Gasteiger partial charge is 0.467 e. The van der Waals surface area contributed by atoms with Crippen molar-refractivity contribution < 1.29 is 4.74 Å². The van der Waals surface area contributed by atoms with Crippen LogP contribution in [0.4, 0.5) is 11.6 Å². The number of ether oxygens (including phenoxy) is 1. The van der Waals surface area contributed by atoms with Crippen molar-refractivity contribution in [2.75, 3.05) is 44.5 Å². The van der Waals surface area contributed by atoms with Crippen molar-refractivity contribution in [3.8, 4) is 6.01 Å². The van der Waals surface area contributed by atoms with Crippen molar-refractivity contribution in [3.05, 3.63) is 30.4 Å². The maximum Gasteiger partial charge on any atom is 0.316 e. The summed E-state index contributed by atoms with van der Waals surface area (Å²) in [5, 5.41) is 3.53. The molecule has 3 heterocycles. The fourth-order valence-corrected chi connectivity index (χ4v) is 2.91. The van der Waals surface area contributed by atoms with Crippen molar-refractivity contribution >= 4 is 11.6 Å². The van der Waals surface area contributed by atoms with Gasteiger partial charge in [-0.1, -0.05) is 0 Å². The molecule has 0 bridgehead atoms. The van der Waals surface area contributed by atoms with Gasteiger partial charge in [0.25, 0.3) is 0 Å². The maximum absolute atomic E-state index is 5.09. The van der Waals surface area contributed by atoms with Crippen molar-refractivity contribution in [1.29, 1.82) is 0 Å². The molecule has 3 rings (SSSR count). The lowest BCUT2D eigenvalue weighted by Crippen LogP contribution is -2.39. The molecule has 1 aliphatic rings. The first-order valence-electron chi connectivity index (χ1n) is 8.48. The Balaban J connectivity index is 1.51. The molecule has 1 aliphatic heterocycles. The van der Waals surface area contributed by atoms with Gasteiger partial charge in [0.15, 0.2) is 0 Å². The second-order valence-electron chi connectivity index (χ2n) is 6.39. The first kappa shape index (κ1) is 17.3. The number of rotatable bonds is 6. The van der Waals surface area contributed by atoms with Crippen LogP contribution in [-0.2, 0) is 6.54 Å². The van der Waals surface area contributed by atoms with E-state index in [-0.39, 0.29) is 0 Å². The molecule has 2 aromatic heterocycles. The summed E-state index contributed by atoms with van der Waals surface area (Å²) in [7, 11) is 5.55. The minimum atomic E-state index is 0.425. The fraction of sp³-hybridized carbons (Fsp3) is 0.529. The van der Waals surface area contributed by atoms with Crippen LogP contribution >= 0.6 is 0 Å². The van der Waals surface area contributed by atoms with E-state index >= 15 is 0 Å². The van der Waals surface area contributed by atoms with Crippen LogP contribution in [0.2, 0.25) is 0 Å². The Morgan fingerprint density at radius 2 is 2.04 bits per heavy atom. The summed E-state index contributed by atoms with van der Waals surface area (Å²) in [6.07, 6.45) is 5.50. The van der Waals surface area contributed by atoms with E-state index in [1.54, 1.807) is 19.6 Å². The highest BCUT2D eigenvalue weighted by Crippen LogP contribution is 2.18. The van der Waals surface area contributed by atoms with Crippen molar-refractivity contribution in [1.82, 2.24) is 24.8 Å². The SMILES string of the molecule is COc1nccc(CN2CCC(Nc3cc(N(C)C)ncn3)CC2)n1. The van der Waals surface area contributed by atoms with E-state index in [2.05, 4.69) is 30.2 Å². The van der Waals surface area contributed by atoms with Gasteiger partial charge >= 0.3 is 6.01 Å². The van der Waals surface area contributed by atoms with E-state index in [9.17, 15) is 0 Å². The highest BCUT2D eigenvalue weighted by molar-refractivity contribution is 5.47. The van der Waals surface area contributed by atoms with Gasteiger partial charge in [-0.2, -0.15) is 4.98 Å². The third kappa shape index (κ3) is 4.76. The number of nitrogens with one attached hydrogen (secondary N) is 1. The molecular weight excluding hydrogens is 318 g/mol. The Kier molecular flexibility index (Phi) is 5.60. The van der Waals surface area contributed by atoms with E-state index in [1.165, 1.54) is 0 Å². The standard InChI is InChI=1S/C17H25N7O/c1-23(2)16-10-15(19-12-20-16)21-13-5-8-24(9-6-13)11-14-4-7-18-17(22-14)25-3/h4,7,10,12-13H,5-6,8-9,11H2,1-3H3,(H,19,20,21). The Labute approximate surface area is 148 Å². The third-order valence-corrected chi connectivity index (χ3v) is 4.31. The quantitative estimate of drug-likeness (QED) is 0.844. The predicted octanol–water partition coefficient (Wildman–Crippen LogP) is 1.42. The summed E-state index contributed by atoms with van der Waals surface area (Å²) in [6, 6.07) is 4.78. The van der Waals surface area contributed by atoms with E-state index in [1.807, 2.05) is 31.1 Å². The molecule has 8 heteroatoms. The molecule has 0 radical (unpaired) electrons. The van der Waals surface area contributed by atoms with Crippen molar-refractivity contribution in [3.63, 3.8) is 0 Å². The van der Waals surface area contributed by atoms with Gasteiger partial charge in [-0.3, -0.25) is 4.90 Å². The summed E-state index contributed by atoms with van der Waals surface area (Å²) < 4.78 is 5.09. The first-order valence-corrected chi connectivity index (χ1v) is 8.48. The Morgan fingerprint density at radius 1 is 1.24 bits per heavy atom. The zero-order valence-electron chi connectivity index (χ0n) is 15.0. The number of methoxy groups -OCH3 is 1. The number of hydrogen-bond acceptors (Lipinski definition) is 8. The maximum atomic E-state index is 5.09. The summed E-state index contributed by atoms with van der Waals surface area (Å²) in [5.74, 6) is 1.80. The van der Waals surface area contributed by atoms with Crippen molar-refractivity contribution in [2.45, 2.75) is 25.4 Å². The van der Waals surface area contributed by atoms with Crippen LogP contribution in [-0.4, -0.2) is 65.2 Å². The summed E-state index contributed by atoms with van der Waals surface area (Å²) in [6.45, 7) is 2.87. The zero-order chi connectivity index (χ0) is 17.6. The minimum Gasteiger partial charge on any atom is -0.467 e. The van der Waals surface area contributed by atoms with E-state index in [0.29, 0.717) is 12.1 Å². The Bertz CT molecular complexity index is 686. The molecule has 2 aromatic rings. The van der Waals surface area contributed by atoms with E-state index < -0.39 is 0 Å². The Hall–Kier alpha value is -2.48. The average molecular weight is 343 g/mol. The van der Waals surface area contributed by atoms with Gasteiger partial charge in [0.1, 0.15) is 18.0 Å².